The summed E-state index contributed by atoms with van der Waals surface area (Å²) in [7, 11) is 1.81. The van der Waals surface area contributed by atoms with Crippen LogP contribution in [0.5, 0.6) is 0 Å². The van der Waals surface area contributed by atoms with Crippen LogP contribution >= 0.6 is 35.0 Å². The van der Waals surface area contributed by atoms with Crippen molar-refractivity contribution in [2.75, 3.05) is 11.1 Å². The number of aromatic nitrogens is 3. The third-order valence-corrected chi connectivity index (χ3v) is 6.28. The number of halogens is 2. The molecule has 3 aromatic rings. The van der Waals surface area contributed by atoms with Crippen molar-refractivity contribution in [3.05, 3.63) is 70.0 Å². The molecule has 2 N–H and O–H groups in total. The Morgan fingerprint density at radius 1 is 1.06 bits per heavy atom. The van der Waals surface area contributed by atoms with Crippen LogP contribution in [0, 0.1) is 5.92 Å². The molecule has 7 nitrogen and oxygen atoms in total. The Bertz CT molecular complexity index is 1100. The Hall–Kier alpha value is -2.55. The van der Waals surface area contributed by atoms with Crippen molar-refractivity contribution in [1.82, 2.24) is 20.1 Å². The van der Waals surface area contributed by atoms with Gasteiger partial charge in [-0.15, -0.1) is 10.2 Å². The van der Waals surface area contributed by atoms with E-state index in [0.717, 1.165) is 0 Å². The van der Waals surface area contributed by atoms with Gasteiger partial charge in [0.05, 0.1) is 22.4 Å². The van der Waals surface area contributed by atoms with Gasteiger partial charge in [0.1, 0.15) is 0 Å². The maximum Gasteiger partial charge on any atom is 0.253 e. The molecule has 0 radical (unpaired) electrons. The van der Waals surface area contributed by atoms with E-state index in [4.69, 9.17) is 23.2 Å². The maximum atomic E-state index is 12.8. The van der Waals surface area contributed by atoms with Crippen molar-refractivity contribution >= 4 is 52.5 Å². The zero-order chi connectivity index (χ0) is 23.3. The minimum Gasteiger partial charge on any atom is -0.342 e. The van der Waals surface area contributed by atoms with Crippen molar-refractivity contribution in [2.45, 2.75) is 25.0 Å². The van der Waals surface area contributed by atoms with E-state index in [1.165, 1.54) is 11.8 Å². The highest BCUT2D eigenvalue weighted by molar-refractivity contribution is 7.99. The number of benzene rings is 2. The van der Waals surface area contributed by atoms with Crippen LogP contribution in [0.2, 0.25) is 10.0 Å². The van der Waals surface area contributed by atoms with Crippen molar-refractivity contribution in [3.8, 4) is 0 Å². The molecule has 3 rings (SSSR count). The van der Waals surface area contributed by atoms with Crippen LogP contribution in [0.25, 0.3) is 0 Å². The van der Waals surface area contributed by atoms with Gasteiger partial charge < -0.3 is 15.2 Å². The van der Waals surface area contributed by atoms with Gasteiger partial charge in [0.15, 0.2) is 11.0 Å². The molecule has 0 unspecified atom stereocenters. The van der Waals surface area contributed by atoms with Gasteiger partial charge >= 0.3 is 0 Å². The predicted molar refractivity (Wildman–Crippen MR) is 128 cm³/mol. The molecule has 0 saturated heterocycles. The molecule has 0 bridgehead atoms. The standard InChI is InChI=1S/C22H23Cl2N5O2S/c1-13(2)19(26-21(31)16-6-4-5-7-17(16)24)20-27-28-22(29(20)3)32-12-18(30)25-15-10-8-14(23)9-11-15/h4-11,13,19H,12H2,1-3H3,(H,25,30)(H,26,31)/t19-/m0/s1. The number of nitrogens with zero attached hydrogens (tertiary/aromatic N) is 3. The first-order chi connectivity index (χ1) is 15.3. The third kappa shape index (κ3) is 6.03. The largest absolute Gasteiger partial charge is 0.342 e. The number of amides is 2. The highest BCUT2D eigenvalue weighted by Gasteiger charge is 2.26. The second-order valence-electron chi connectivity index (χ2n) is 7.42. The summed E-state index contributed by atoms with van der Waals surface area (Å²) < 4.78 is 1.79. The summed E-state index contributed by atoms with van der Waals surface area (Å²) in [6.07, 6.45) is 0. The van der Waals surface area contributed by atoms with Crippen molar-refractivity contribution in [2.24, 2.45) is 13.0 Å². The second-order valence-corrected chi connectivity index (χ2v) is 9.20. The van der Waals surface area contributed by atoms with Crippen molar-refractivity contribution in [1.29, 1.82) is 0 Å². The molecule has 1 heterocycles. The monoisotopic (exact) mass is 491 g/mol. The van der Waals surface area contributed by atoms with E-state index in [0.29, 0.717) is 32.3 Å². The number of hydrogen-bond acceptors (Lipinski definition) is 5. The predicted octanol–water partition coefficient (Wildman–Crippen LogP) is 4.98. The molecule has 2 aromatic carbocycles. The zero-order valence-electron chi connectivity index (χ0n) is 17.8. The lowest BCUT2D eigenvalue weighted by Gasteiger charge is -2.22. The van der Waals surface area contributed by atoms with Crippen LogP contribution < -0.4 is 10.6 Å². The summed E-state index contributed by atoms with van der Waals surface area (Å²) in [6.45, 7) is 3.97. The number of thioether (sulfide) groups is 1. The lowest BCUT2D eigenvalue weighted by atomic mass is 10.0. The third-order valence-electron chi connectivity index (χ3n) is 4.68. The van der Waals surface area contributed by atoms with Crippen LogP contribution in [0.1, 0.15) is 36.1 Å². The Balaban J connectivity index is 1.67. The average Bonchev–Trinajstić information content (AvgIpc) is 3.12. The first kappa shape index (κ1) is 24.1. The van der Waals surface area contributed by atoms with Gasteiger partial charge in [-0.3, -0.25) is 9.59 Å². The Morgan fingerprint density at radius 3 is 2.41 bits per heavy atom. The number of rotatable bonds is 8. The van der Waals surface area contributed by atoms with E-state index in [1.807, 2.05) is 20.9 Å². The van der Waals surface area contributed by atoms with Crippen LogP contribution in [-0.2, 0) is 11.8 Å². The van der Waals surface area contributed by atoms with Gasteiger partial charge in [0.2, 0.25) is 5.91 Å². The molecule has 0 saturated carbocycles. The molecular weight excluding hydrogens is 469 g/mol. The molecule has 0 aliphatic carbocycles. The van der Waals surface area contributed by atoms with Crippen LogP contribution in [0.4, 0.5) is 5.69 Å². The molecule has 168 valence electrons. The van der Waals surface area contributed by atoms with Gasteiger partial charge in [0, 0.05) is 17.8 Å². The SMILES string of the molecule is CC(C)[C@H](NC(=O)c1ccccc1Cl)c1nnc(SCC(=O)Nc2ccc(Cl)cc2)n1C. The van der Waals surface area contributed by atoms with Gasteiger partial charge in [-0.25, -0.2) is 0 Å². The van der Waals surface area contributed by atoms with Crippen LogP contribution in [-0.4, -0.2) is 32.3 Å². The summed E-state index contributed by atoms with van der Waals surface area (Å²) in [5, 5.41) is 15.9. The van der Waals surface area contributed by atoms with Gasteiger partial charge in [-0.05, 0) is 42.3 Å². The van der Waals surface area contributed by atoms with Crippen LogP contribution in [0.3, 0.4) is 0 Å². The zero-order valence-corrected chi connectivity index (χ0v) is 20.1. The topological polar surface area (TPSA) is 88.9 Å². The Labute approximate surface area is 200 Å². The summed E-state index contributed by atoms with van der Waals surface area (Å²) in [5.74, 6) is 0.354. The smallest absolute Gasteiger partial charge is 0.253 e. The minimum absolute atomic E-state index is 0.0513. The molecule has 1 atom stereocenters. The van der Waals surface area contributed by atoms with E-state index < -0.39 is 0 Å². The number of nitrogens with one attached hydrogen (secondary N) is 2. The van der Waals surface area contributed by atoms with Crippen molar-refractivity contribution in [3.63, 3.8) is 0 Å². The highest BCUT2D eigenvalue weighted by atomic mass is 35.5. The summed E-state index contributed by atoms with van der Waals surface area (Å²) in [6, 6.07) is 13.4. The minimum atomic E-state index is -0.381. The molecule has 2 amide bonds. The number of anilines is 1. The average molecular weight is 492 g/mol. The molecule has 0 fully saturated rings. The van der Waals surface area contributed by atoms with Gasteiger partial charge in [0.25, 0.3) is 5.91 Å². The fourth-order valence-electron chi connectivity index (χ4n) is 2.98. The first-order valence-corrected chi connectivity index (χ1v) is 11.6. The van der Waals surface area contributed by atoms with Gasteiger partial charge in [-0.2, -0.15) is 0 Å². The van der Waals surface area contributed by atoms with Crippen molar-refractivity contribution < 1.29 is 9.59 Å². The van der Waals surface area contributed by atoms with E-state index in [1.54, 1.807) is 53.1 Å². The molecule has 0 spiro atoms. The number of carbonyl (C=O) groups is 2. The van der Waals surface area contributed by atoms with E-state index in [-0.39, 0.29) is 29.5 Å². The molecule has 0 aliphatic rings. The van der Waals surface area contributed by atoms with E-state index in [9.17, 15) is 9.59 Å². The fraction of sp³-hybridized carbons (Fsp3) is 0.273. The van der Waals surface area contributed by atoms with Gasteiger partial charge in [-0.1, -0.05) is 60.9 Å². The summed E-state index contributed by atoms with van der Waals surface area (Å²) in [5.41, 5.74) is 1.07. The molecular formula is C22H23Cl2N5O2S. The Kier molecular flexibility index (Phi) is 8.17. The fourth-order valence-corrected chi connectivity index (χ4v) is 4.04. The van der Waals surface area contributed by atoms with Crippen LogP contribution in [0.15, 0.2) is 53.7 Å². The molecule has 0 aliphatic heterocycles. The highest BCUT2D eigenvalue weighted by Crippen LogP contribution is 2.25. The summed E-state index contributed by atoms with van der Waals surface area (Å²) in [4.78, 5) is 25.0. The Morgan fingerprint density at radius 2 is 1.75 bits per heavy atom. The van der Waals surface area contributed by atoms with E-state index >= 15 is 0 Å². The molecule has 32 heavy (non-hydrogen) atoms. The second kappa shape index (κ2) is 10.8. The number of carbonyl (C=O) groups excluding carboxylic acids is 2. The first-order valence-electron chi connectivity index (χ1n) is 9.89. The normalized spacial score (nSPS) is 11.9. The molecule has 10 heteroatoms. The quantitative estimate of drug-likeness (QED) is 0.433. The molecule has 1 aromatic heterocycles. The maximum absolute atomic E-state index is 12.8. The van der Waals surface area contributed by atoms with E-state index in [2.05, 4.69) is 20.8 Å². The lowest BCUT2D eigenvalue weighted by Crippen LogP contribution is -2.33. The number of hydrogen-bond donors (Lipinski definition) is 2. The lowest BCUT2D eigenvalue weighted by molar-refractivity contribution is -0.113. The summed E-state index contributed by atoms with van der Waals surface area (Å²) >= 11 is 13.3.